The Labute approximate surface area is 197 Å². The van der Waals surface area contributed by atoms with E-state index in [2.05, 4.69) is 12.2 Å². The first-order chi connectivity index (χ1) is 15.6. The van der Waals surface area contributed by atoms with Crippen LogP contribution < -0.4 is 5.32 Å². The Morgan fingerprint density at radius 2 is 1.76 bits per heavy atom. The van der Waals surface area contributed by atoms with E-state index in [1.165, 1.54) is 13.8 Å². The summed E-state index contributed by atoms with van der Waals surface area (Å²) in [6.07, 6.45) is 2.55. The van der Waals surface area contributed by atoms with Crippen molar-refractivity contribution in [3.63, 3.8) is 0 Å². The van der Waals surface area contributed by atoms with E-state index in [1.807, 2.05) is 13.0 Å². The minimum absolute atomic E-state index is 0.0717. The van der Waals surface area contributed by atoms with Crippen molar-refractivity contribution in [3.8, 4) is 0 Å². The third-order valence-corrected chi connectivity index (χ3v) is 9.67. The van der Waals surface area contributed by atoms with E-state index in [0.29, 0.717) is 18.3 Å². The van der Waals surface area contributed by atoms with Gasteiger partial charge in [-0.3, -0.25) is 9.59 Å². The molecule has 192 valence electrons. The van der Waals surface area contributed by atoms with Gasteiger partial charge >= 0.3 is 12.1 Å². The second kappa shape index (κ2) is 8.19. The first-order valence-electron chi connectivity index (χ1n) is 12.4. The number of rotatable bonds is 4. The van der Waals surface area contributed by atoms with Crippen LogP contribution in [-0.4, -0.2) is 47.4 Å². The van der Waals surface area contributed by atoms with Gasteiger partial charge in [-0.1, -0.05) is 19.9 Å². The van der Waals surface area contributed by atoms with Gasteiger partial charge in [0.15, 0.2) is 0 Å². The maximum Gasteiger partial charge on any atom is 0.455 e. The molecule has 9 heteroatoms. The smallest absolute Gasteiger partial charge is 0.349 e. The number of nitrogens with zero attached hydrogens (tertiary/aromatic N) is 1. The van der Waals surface area contributed by atoms with Crippen LogP contribution in [0.1, 0.15) is 66.2 Å². The second-order valence-electron chi connectivity index (χ2n) is 11.7. The lowest BCUT2D eigenvalue weighted by atomic mass is 9.48. The molecule has 2 amide bonds. The summed E-state index contributed by atoms with van der Waals surface area (Å²) in [5, 5.41) is 3.10. The molecule has 3 fully saturated rings. The largest absolute Gasteiger partial charge is 0.455 e. The number of fused-ring (bicyclic) bond motifs is 5. The minimum atomic E-state index is -5.70. The van der Waals surface area contributed by atoms with Crippen molar-refractivity contribution < 1.29 is 31.5 Å². The van der Waals surface area contributed by atoms with Crippen LogP contribution in [0.15, 0.2) is 12.2 Å². The van der Waals surface area contributed by atoms with E-state index in [4.69, 9.17) is 0 Å². The molecule has 0 unspecified atom stereocenters. The highest BCUT2D eigenvalue weighted by atomic mass is 19.4. The number of nitrogens with one attached hydrogen (secondary N) is 1. The van der Waals surface area contributed by atoms with Gasteiger partial charge in [0.1, 0.15) is 0 Å². The molecule has 4 aliphatic rings. The molecule has 0 saturated heterocycles. The summed E-state index contributed by atoms with van der Waals surface area (Å²) in [7, 11) is 0. The molecule has 0 bridgehead atoms. The highest BCUT2D eigenvalue weighted by molar-refractivity contribution is 5.89. The van der Waals surface area contributed by atoms with E-state index in [0.717, 1.165) is 37.0 Å². The number of hydrogen-bond acceptors (Lipinski definition) is 2. The van der Waals surface area contributed by atoms with E-state index in [9.17, 15) is 31.5 Å². The van der Waals surface area contributed by atoms with Crippen molar-refractivity contribution in [1.82, 2.24) is 10.2 Å². The van der Waals surface area contributed by atoms with Crippen LogP contribution in [0.5, 0.6) is 0 Å². The van der Waals surface area contributed by atoms with Crippen molar-refractivity contribution in [3.05, 3.63) is 12.2 Å². The molecule has 0 spiro atoms. The van der Waals surface area contributed by atoms with Crippen LogP contribution in [0.25, 0.3) is 0 Å². The summed E-state index contributed by atoms with van der Waals surface area (Å²) in [6.45, 7) is 5.56. The fourth-order valence-electron chi connectivity index (χ4n) is 7.76. The molecule has 4 nitrogen and oxygen atoms in total. The normalized spacial score (nSPS) is 39.8. The molecule has 0 aromatic carbocycles. The lowest BCUT2D eigenvalue weighted by Gasteiger charge is -2.58. The lowest BCUT2D eigenvalue weighted by Crippen LogP contribution is -2.60. The quantitative estimate of drug-likeness (QED) is 0.542. The zero-order valence-corrected chi connectivity index (χ0v) is 20.2. The maximum atomic E-state index is 13.9. The SMILES string of the molecule is CC(C)N(CC(F)(F)C(F)(F)F)C(=O)[C@H]1CC[C@H]2[C@@H]3CC[C@H]4NC(=O)C=C[C@]4(C)[C@H]3CC[C@]12C. The fourth-order valence-corrected chi connectivity index (χ4v) is 7.76. The average Bonchev–Trinajstić information content (AvgIpc) is 3.08. The molecule has 7 atom stereocenters. The monoisotopic (exact) mass is 490 g/mol. The molecule has 1 aliphatic heterocycles. The van der Waals surface area contributed by atoms with Crippen molar-refractivity contribution in [2.75, 3.05) is 6.54 Å². The summed E-state index contributed by atoms with van der Waals surface area (Å²) in [6, 6.07) is -0.680. The Bertz CT molecular complexity index is 872. The maximum absolute atomic E-state index is 13.9. The Balaban J connectivity index is 1.57. The minimum Gasteiger partial charge on any atom is -0.349 e. The standard InChI is InChI=1S/C25H35F5N2O2/c1-14(2)32(13-24(26,27)25(28,29)30)21(34)18-7-6-16-15-5-8-19-23(4,12-10-20(33)31-19)17(15)9-11-22(16,18)3/h10,12,14-19H,5-9,11,13H2,1-4H3,(H,31,33)/t15-,16-,17-,18+,19+,22-,23+/m0/s1. The molecule has 3 saturated carbocycles. The topological polar surface area (TPSA) is 49.4 Å². The van der Waals surface area contributed by atoms with Crippen LogP contribution in [0, 0.1) is 34.5 Å². The first-order valence-corrected chi connectivity index (χ1v) is 12.4. The predicted molar refractivity (Wildman–Crippen MR) is 117 cm³/mol. The summed E-state index contributed by atoms with van der Waals surface area (Å²) in [5.41, 5.74) is -0.595. The van der Waals surface area contributed by atoms with Crippen LogP contribution in [0.4, 0.5) is 22.0 Å². The summed E-state index contributed by atoms with van der Waals surface area (Å²) in [5.74, 6) is -5.27. The van der Waals surface area contributed by atoms with Crippen molar-refractivity contribution in [1.29, 1.82) is 0 Å². The molecule has 3 aliphatic carbocycles. The van der Waals surface area contributed by atoms with Crippen LogP contribution >= 0.6 is 0 Å². The summed E-state index contributed by atoms with van der Waals surface area (Å²) >= 11 is 0. The number of carbonyl (C=O) groups is 2. The third kappa shape index (κ3) is 3.85. The molecular formula is C25H35F5N2O2. The molecule has 0 aromatic rings. The Morgan fingerprint density at radius 1 is 1.09 bits per heavy atom. The van der Waals surface area contributed by atoms with E-state index >= 15 is 0 Å². The Hall–Kier alpha value is -1.67. The third-order valence-electron chi connectivity index (χ3n) is 9.67. The van der Waals surface area contributed by atoms with Crippen molar-refractivity contribution >= 4 is 11.8 Å². The van der Waals surface area contributed by atoms with Gasteiger partial charge in [-0.15, -0.1) is 0 Å². The average molecular weight is 491 g/mol. The van der Waals surface area contributed by atoms with Gasteiger partial charge in [0.25, 0.3) is 0 Å². The van der Waals surface area contributed by atoms with E-state index in [-0.39, 0.29) is 23.3 Å². The molecule has 0 aromatic heterocycles. The van der Waals surface area contributed by atoms with Gasteiger partial charge in [-0.25, -0.2) is 0 Å². The van der Waals surface area contributed by atoms with Crippen molar-refractivity contribution in [2.45, 2.75) is 90.4 Å². The lowest BCUT2D eigenvalue weighted by molar-refractivity contribution is -0.286. The van der Waals surface area contributed by atoms with Gasteiger partial charge in [-0.05, 0) is 81.6 Å². The van der Waals surface area contributed by atoms with Gasteiger partial charge in [0.2, 0.25) is 11.8 Å². The highest BCUT2D eigenvalue weighted by Gasteiger charge is 2.63. The zero-order valence-electron chi connectivity index (χ0n) is 20.2. The van der Waals surface area contributed by atoms with E-state index in [1.54, 1.807) is 6.08 Å². The number of hydrogen-bond donors (Lipinski definition) is 1. The first kappa shape index (κ1) is 25.4. The van der Waals surface area contributed by atoms with Gasteiger partial charge in [0, 0.05) is 23.4 Å². The summed E-state index contributed by atoms with van der Waals surface area (Å²) < 4.78 is 66.5. The van der Waals surface area contributed by atoms with Crippen LogP contribution in [0.3, 0.4) is 0 Å². The number of carbonyl (C=O) groups excluding carboxylic acids is 2. The van der Waals surface area contributed by atoms with Crippen LogP contribution in [-0.2, 0) is 9.59 Å². The van der Waals surface area contributed by atoms with Crippen LogP contribution in [0.2, 0.25) is 0 Å². The molecule has 1 heterocycles. The Morgan fingerprint density at radius 3 is 2.38 bits per heavy atom. The van der Waals surface area contributed by atoms with Crippen molar-refractivity contribution in [2.24, 2.45) is 34.5 Å². The predicted octanol–water partition coefficient (Wildman–Crippen LogP) is 5.33. The van der Waals surface area contributed by atoms with Gasteiger partial charge in [0.05, 0.1) is 6.54 Å². The van der Waals surface area contributed by atoms with E-state index < -0.39 is 41.9 Å². The molecular weight excluding hydrogens is 455 g/mol. The number of halogens is 5. The Kier molecular flexibility index (Phi) is 6.12. The van der Waals surface area contributed by atoms with Gasteiger partial charge in [-0.2, -0.15) is 22.0 Å². The second-order valence-corrected chi connectivity index (χ2v) is 11.7. The molecule has 0 radical (unpaired) electrons. The number of amides is 2. The molecule has 34 heavy (non-hydrogen) atoms. The molecule has 4 rings (SSSR count). The number of alkyl halides is 5. The molecule has 1 N–H and O–H groups in total. The summed E-state index contributed by atoms with van der Waals surface area (Å²) in [4.78, 5) is 26.1. The zero-order chi connectivity index (χ0) is 25.3. The van der Waals surface area contributed by atoms with Gasteiger partial charge < -0.3 is 10.2 Å². The fraction of sp³-hybridized carbons (Fsp3) is 0.840. The highest BCUT2D eigenvalue weighted by Crippen LogP contribution is 2.65.